The predicted molar refractivity (Wildman–Crippen MR) is 94.3 cm³/mol. The zero-order chi connectivity index (χ0) is 18.5. The van der Waals surface area contributed by atoms with Gasteiger partial charge >= 0.3 is 5.97 Å². The molecular formula is C19H20N2O5. The third kappa shape index (κ3) is 4.00. The van der Waals surface area contributed by atoms with E-state index < -0.39 is 5.97 Å². The molecule has 0 bridgehead atoms. The van der Waals surface area contributed by atoms with E-state index in [4.69, 9.17) is 14.6 Å². The first-order valence-electron chi connectivity index (χ1n) is 8.29. The highest BCUT2D eigenvalue weighted by atomic mass is 16.5. The van der Waals surface area contributed by atoms with Gasteiger partial charge in [-0.05, 0) is 29.3 Å². The van der Waals surface area contributed by atoms with E-state index in [1.807, 2.05) is 18.2 Å². The highest BCUT2D eigenvalue weighted by Gasteiger charge is 2.20. The molecule has 0 unspecified atom stereocenters. The molecule has 136 valence electrons. The minimum atomic E-state index is -1.07. The van der Waals surface area contributed by atoms with Gasteiger partial charge in [-0.3, -0.25) is 14.6 Å². The lowest BCUT2D eigenvalue weighted by Gasteiger charge is -2.20. The van der Waals surface area contributed by atoms with Crippen molar-refractivity contribution in [2.45, 2.75) is 6.42 Å². The number of nitrogens with zero attached hydrogens (tertiary/aromatic N) is 2. The Labute approximate surface area is 151 Å². The lowest BCUT2D eigenvalue weighted by Crippen LogP contribution is -2.38. The molecule has 1 amide bonds. The fourth-order valence-electron chi connectivity index (χ4n) is 2.88. The van der Waals surface area contributed by atoms with Gasteiger partial charge in [0.1, 0.15) is 12.3 Å². The zero-order valence-electron chi connectivity index (χ0n) is 14.5. The number of rotatable bonds is 7. The summed E-state index contributed by atoms with van der Waals surface area (Å²) in [5, 5.41) is 9.04. The quantitative estimate of drug-likeness (QED) is 0.814. The maximum Gasteiger partial charge on any atom is 0.323 e. The van der Waals surface area contributed by atoms with E-state index in [9.17, 15) is 9.59 Å². The third-order valence-electron chi connectivity index (χ3n) is 4.19. The highest BCUT2D eigenvalue weighted by molar-refractivity contribution is 5.96. The van der Waals surface area contributed by atoms with Crippen LogP contribution < -0.4 is 4.74 Å². The van der Waals surface area contributed by atoms with Crippen molar-refractivity contribution >= 4 is 11.9 Å². The second-order valence-electron chi connectivity index (χ2n) is 6.00. The normalized spacial score (nSPS) is 12.3. The molecule has 3 rings (SSSR count). The predicted octanol–water partition coefficient (Wildman–Crippen LogP) is 1.86. The summed E-state index contributed by atoms with van der Waals surface area (Å²) in [5.41, 5.74) is 3.22. The minimum Gasteiger partial charge on any atom is -0.493 e. The summed E-state index contributed by atoms with van der Waals surface area (Å²) in [6.45, 7) is 0.751. The Morgan fingerprint density at radius 3 is 2.88 bits per heavy atom. The van der Waals surface area contributed by atoms with Crippen molar-refractivity contribution in [2.24, 2.45) is 0 Å². The molecule has 2 aromatic rings. The van der Waals surface area contributed by atoms with Crippen LogP contribution in [0.5, 0.6) is 5.75 Å². The molecule has 1 N–H and O–H groups in total. The number of ether oxygens (including phenoxy) is 2. The molecule has 0 fully saturated rings. The lowest BCUT2D eigenvalue weighted by atomic mass is 10.0. The highest BCUT2D eigenvalue weighted by Crippen LogP contribution is 2.30. The van der Waals surface area contributed by atoms with Crippen LogP contribution >= 0.6 is 0 Å². The molecule has 0 saturated heterocycles. The van der Waals surface area contributed by atoms with E-state index >= 15 is 0 Å². The molecule has 7 nitrogen and oxygen atoms in total. The monoisotopic (exact) mass is 356 g/mol. The molecule has 7 heteroatoms. The number of amides is 1. The number of hydrogen-bond acceptors (Lipinski definition) is 5. The van der Waals surface area contributed by atoms with Crippen molar-refractivity contribution in [3.8, 4) is 16.9 Å². The number of carboxylic acid groups (broad SMARTS) is 1. The van der Waals surface area contributed by atoms with Gasteiger partial charge in [-0.1, -0.05) is 6.07 Å². The Kier molecular flexibility index (Phi) is 5.48. The summed E-state index contributed by atoms with van der Waals surface area (Å²) < 4.78 is 10.5. The Morgan fingerprint density at radius 1 is 1.27 bits per heavy atom. The maximum atomic E-state index is 12.7. The van der Waals surface area contributed by atoms with Crippen LogP contribution in [0.2, 0.25) is 0 Å². The second-order valence-corrected chi connectivity index (χ2v) is 6.00. The molecule has 0 atom stereocenters. The Bertz CT molecular complexity index is 821. The van der Waals surface area contributed by atoms with Gasteiger partial charge in [0.25, 0.3) is 5.91 Å². The number of aliphatic carboxylic acids is 1. The van der Waals surface area contributed by atoms with Gasteiger partial charge in [0.05, 0.1) is 18.8 Å². The Morgan fingerprint density at radius 2 is 2.12 bits per heavy atom. The number of methoxy groups -OCH3 is 1. The van der Waals surface area contributed by atoms with Gasteiger partial charge in [0.2, 0.25) is 0 Å². The van der Waals surface area contributed by atoms with E-state index in [1.54, 1.807) is 12.3 Å². The molecule has 1 aliphatic heterocycles. The van der Waals surface area contributed by atoms with Crippen LogP contribution in [0, 0.1) is 0 Å². The molecular weight excluding hydrogens is 336 g/mol. The van der Waals surface area contributed by atoms with Crippen molar-refractivity contribution < 1.29 is 24.2 Å². The smallest absolute Gasteiger partial charge is 0.323 e. The third-order valence-corrected chi connectivity index (χ3v) is 4.19. The first-order chi connectivity index (χ1) is 12.6. The summed E-state index contributed by atoms with van der Waals surface area (Å²) in [7, 11) is 1.50. The van der Waals surface area contributed by atoms with Crippen LogP contribution in [0.25, 0.3) is 11.1 Å². The first kappa shape index (κ1) is 17.9. The summed E-state index contributed by atoms with van der Waals surface area (Å²) >= 11 is 0. The summed E-state index contributed by atoms with van der Waals surface area (Å²) in [6, 6.07) is 7.61. The van der Waals surface area contributed by atoms with Crippen molar-refractivity contribution in [3.05, 3.63) is 47.8 Å². The summed E-state index contributed by atoms with van der Waals surface area (Å²) in [5.74, 6) is -0.568. The SMILES string of the molecule is COCCN(CC(=O)O)C(=O)c1cncc(-c2ccc3c(c2)CCO3)c1. The van der Waals surface area contributed by atoms with Crippen molar-refractivity contribution in [1.29, 1.82) is 0 Å². The van der Waals surface area contributed by atoms with Crippen molar-refractivity contribution in [1.82, 2.24) is 9.88 Å². The average Bonchev–Trinajstić information content (AvgIpc) is 3.12. The Hall–Kier alpha value is -2.93. The fourth-order valence-corrected chi connectivity index (χ4v) is 2.88. The standard InChI is InChI=1S/C19H20N2O5/c1-25-7-5-21(12-18(22)23)19(24)16-9-15(10-20-11-16)13-2-3-17-14(8-13)4-6-26-17/h2-3,8-11H,4-7,12H2,1H3,(H,22,23). The van der Waals surface area contributed by atoms with E-state index in [-0.39, 0.29) is 25.6 Å². The first-order valence-corrected chi connectivity index (χ1v) is 8.29. The van der Waals surface area contributed by atoms with Crippen LogP contribution in [-0.2, 0) is 16.0 Å². The van der Waals surface area contributed by atoms with Crippen molar-refractivity contribution in [2.75, 3.05) is 33.4 Å². The van der Waals surface area contributed by atoms with Crippen molar-refractivity contribution in [3.63, 3.8) is 0 Å². The fraction of sp³-hybridized carbons (Fsp3) is 0.316. The molecule has 0 spiro atoms. The van der Waals surface area contributed by atoms with E-state index in [0.29, 0.717) is 12.2 Å². The largest absolute Gasteiger partial charge is 0.493 e. The minimum absolute atomic E-state index is 0.196. The number of fused-ring (bicyclic) bond motifs is 1. The number of carbonyl (C=O) groups is 2. The molecule has 0 aliphatic carbocycles. The molecule has 1 aromatic carbocycles. The van der Waals surface area contributed by atoms with Crippen LogP contribution in [0.3, 0.4) is 0 Å². The van der Waals surface area contributed by atoms with Gasteiger partial charge in [-0.25, -0.2) is 0 Å². The van der Waals surface area contributed by atoms with Gasteiger partial charge in [0, 0.05) is 38.0 Å². The molecule has 0 radical (unpaired) electrons. The number of hydrogen-bond donors (Lipinski definition) is 1. The van der Waals surface area contributed by atoms with Crippen LogP contribution in [0.15, 0.2) is 36.7 Å². The van der Waals surface area contributed by atoms with E-state index in [1.165, 1.54) is 18.2 Å². The molecule has 1 aliphatic rings. The van der Waals surface area contributed by atoms with Gasteiger partial charge in [-0.15, -0.1) is 0 Å². The number of aromatic nitrogens is 1. The van der Waals surface area contributed by atoms with Crippen LogP contribution in [0.1, 0.15) is 15.9 Å². The Balaban J connectivity index is 1.85. The average molecular weight is 356 g/mol. The van der Waals surface area contributed by atoms with E-state index in [2.05, 4.69) is 4.98 Å². The zero-order valence-corrected chi connectivity index (χ0v) is 14.5. The molecule has 2 heterocycles. The van der Waals surface area contributed by atoms with Gasteiger partial charge in [0.15, 0.2) is 0 Å². The molecule has 26 heavy (non-hydrogen) atoms. The van der Waals surface area contributed by atoms with Crippen LogP contribution in [0.4, 0.5) is 0 Å². The lowest BCUT2D eigenvalue weighted by molar-refractivity contribution is -0.137. The maximum absolute atomic E-state index is 12.7. The summed E-state index contributed by atoms with van der Waals surface area (Å²) in [6.07, 6.45) is 3.99. The number of carbonyl (C=O) groups excluding carboxylic acids is 1. The number of benzene rings is 1. The summed E-state index contributed by atoms with van der Waals surface area (Å²) in [4.78, 5) is 29.1. The van der Waals surface area contributed by atoms with Gasteiger partial charge in [-0.2, -0.15) is 0 Å². The molecule has 1 aromatic heterocycles. The van der Waals surface area contributed by atoms with Crippen LogP contribution in [-0.4, -0.2) is 60.3 Å². The molecule has 0 saturated carbocycles. The second kappa shape index (κ2) is 7.97. The van der Waals surface area contributed by atoms with Gasteiger partial charge < -0.3 is 19.5 Å². The number of carboxylic acids is 1. The number of pyridine rings is 1. The van der Waals surface area contributed by atoms with E-state index in [0.717, 1.165) is 28.9 Å². The topological polar surface area (TPSA) is 89.0 Å².